The summed E-state index contributed by atoms with van der Waals surface area (Å²) in [7, 11) is 2.18. The fourth-order valence-corrected chi connectivity index (χ4v) is 4.09. The van der Waals surface area contributed by atoms with Crippen molar-refractivity contribution >= 4 is 0 Å². The van der Waals surface area contributed by atoms with E-state index in [4.69, 9.17) is 0 Å². The fraction of sp³-hybridized carbons (Fsp3) is 1.00. The molecule has 1 aliphatic rings. The Labute approximate surface area is 121 Å². The normalized spacial score (nSPS) is 19.7. The lowest BCUT2D eigenvalue weighted by molar-refractivity contribution is 0.181. The first kappa shape index (κ1) is 17.0. The van der Waals surface area contributed by atoms with Crippen molar-refractivity contribution in [3.63, 3.8) is 0 Å². The summed E-state index contributed by atoms with van der Waals surface area (Å²) in [5, 5.41) is 3.65. The zero-order valence-corrected chi connectivity index (χ0v) is 13.8. The van der Waals surface area contributed by atoms with Crippen molar-refractivity contribution in [1.29, 1.82) is 0 Å². The summed E-state index contributed by atoms with van der Waals surface area (Å²) in [6.07, 6.45) is 18.6. The van der Waals surface area contributed by atoms with Gasteiger partial charge in [-0.1, -0.05) is 71.6 Å². The van der Waals surface area contributed by atoms with Crippen molar-refractivity contribution in [3.8, 4) is 0 Å². The van der Waals surface area contributed by atoms with Crippen LogP contribution in [0.3, 0.4) is 0 Å². The summed E-state index contributed by atoms with van der Waals surface area (Å²) >= 11 is 0. The van der Waals surface area contributed by atoms with Crippen molar-refractivity contribution in [3.05, 3.63) is 0 Å². The molecule has 1 heteroatoms. The fourth-order valence-electron chi connectivity index (χ4n) is 4.09. The maximum absolute atomic E-state index is 3.65. The van der Waals surface area contributed by atoms with E-state index in [1.165, 1.54) is 83.5 Å². The summed E-state index contributed by atoms with van der Waals surface area (Å²) in [6.45, 7) is 4.70. The Morgan fingerprint density at radius 2 is 1.47 bits per heavy atom. The second-order valence-corrected chi connectivity index (χ2v) is 6.67. The minimum Gasteiger partial charge on any atom is -0.316 e. The van der Waals surface area contributed by atoms with Gasteiger partial charge in [0, 0.05) is 6.04 Å². The first-order valence-corrected chi connectivity index (χ1v) is 8.96. The van der Waals surface area contributed by atoms with Crippen LogP contribution >= 0.6 is 0 Å². The monoisotopic (exact) mass is 267 g/mol. The quantitative estimate of drug-likeness (QED) is 0.474. The lowest BCUT2D eigenvalue weighted by Crippen LogP contribution is -2.41. The lowest BCUT2D eigenvalue weighted by Gasteiger charge is -2.37. The Bertz CT molecular complexity index is 206. The van der Waals surface area contributed by atoms with Crippen molar-refractivity contribution in [2.45, 2.75) is 103 Å². The highest BCUT2D eigenvalue weighted by Gasteiger charge is 2.38. The molecule has 1 atom stereocenters. The van der Waals surface area contributed by atoms with E-state index in [0.29, 0.717) is 5.41 Å². The average Bonchev–Trinajstić information content (AvgIpc) is 2.92. The predicted octanol–water partition coefficient (Wildman–Crippen LogP) is 5.69. The molecule has 0 aromatic carbocycles. The van der Waals surface area contributed by atoms with Crippen molar-refractivity contribution in [2.24, 2.45) is 5.41 Å². The van der Waals surface area contributed by atoms with Gasteiger partial charge in [0.2, 0.25) is 0 Å². The van der Waals surface area contributed by atoms with E-state index in [0.717, 1.165) is 6.04 Å². The smallest absolute Gasteiger partial charge is 0.0120 e. The third-order valence-electron chi connectivity index (χ3n) is 5.49. The molecular weight excluding hydrogens is 230 g/mol. The largest absolute Gasteiger partial charge is 0.316 e. The van der Waals surface area contributed by atoms with Crippen LogP contribution in [0.1, 0.15) is 97.3 Å². The van der Waals surface area contributed by atoms with Crippen LogP contribution in [0.25, 0.3) is 0 Å². The van der Waals surface area contributed by atoms with Crippen molar-refractivity contribution < 1.29 is 0 Å². The second-order valence-electron chi connectivity index (χ2n) is 6.67. The molecule has 0 bridgehead atoms. The van der Waals surface area contributed by atoms with Gasteiger partial charge in [0.05, 0.1) is 0 Å². The van der Waals surface area contributed by atoms with Crippen LogP contribution in [0.4, 0.5) is 0 Å². The predicted molar refractivity (Wildman–Crippen MR) is 86.6 cm³/mol. The van der Waals surface area contributed by atoms with Crippen LogP contribution in [-0.2, 0) is 0 Å². The first-order valence-electron chi connectivity index (χ1n) is 8.96. The van der Waals surface area contributed by atoms with Gasteiger partial charge in [-0.2, -0.15) is 0 Å². The SMILES string of the molecule is CCCCCCCCCC(NC)C1(CC)CCCC1. The molecule has 1 saturated carbocycles. The highest BCUT2D eigenvalue weighted by atomic mass is 14.9. The van der Waals surface area contributed by atoms with E-state index in [9.17, 15) is 0 Å². The standard InChI is InChI=1S/C18H37N/c1-4-6-7-8-9-10-11-14-17(19-3)18(5-2)15-12-13-16-18/h17,19H,4-16H2,1-3H3. The molecule has 19 heavy (non-hydrogen) atoms. The van der Waals surface area contributed by atoms with Crippen molar-refractivity contribution in [1.82, 2.24) is 5.32 Å². The van der Waals surface area contributed by atoms with Crippen LogP contribution in [-0.4, -0.2) is 13.1 Å². The number of rotatable bonds is 11. The minimum absolute atomic E-state index is 0.636. The Hall–Kier alpha value is -0.0400. The molecule has 1 N–H and O–H groups in total. The molecule has 0 radical (unpaired) electrons. The summed E-state index contributed by atoms with van der Waals surface area (Å²) in [4.78, 5) is 0. The number of unbranched alkanes of at least 4 members (excludes halogenated alkanes) is 6. The van der Waals surface area contributed by atoms with Crippen LogP contribution in [0, 0.1) is 5.41 Å². The van der Waals surface area contributed by atoms with E-state index in [-0.39, 0.29) is 0 Å². The van der Waals surface area contributed by atoms with Gasteiger partial charge in [-0.05, 0) is 38.1 Å². The molecule has 0 saturated heterocycles. The molecule has 0 amide bonds. The lowest BCUT2D eigenvalue weighted by atomic mass is 9.74. The summed E-state index contributed by atoms with van der Waals surface area (Å²) in [5.74, 6) is 0. The van der Waals surface area contributed by atoms with Gasteiger partial charge in [-0.25, -0.2) is 0 Å². The molecule has 1 nitrogen and oxygen atoms in total. The average molecular weight is 268 g/mol. The third kappa shape index (κ3) is 5.45. The minimum atomic E-state index is 0.636. The van der Waals surface area contributed by atoms with E-state index in [2.05, 4.69) is 26.2 Å². The Morgan fingerprint density at radius 1 is 0.895 bits per heavy atom. The number of nitrogens with one attached hydrogen (secondary N) is 1. The molecule has 0 aromatic heterocycles. The van der Waals surface area contributed by atoms with Gasteiger partial charge in [0.25, 0.3) is 0 Å². The van der Waals surface area contributed by atoms with Gasteiger partial charge in [-0.15, -0.1) is 0 Å². The summed E-state index contributed by atoms with van der Waals surface area (Å²) < 4.78 is 0. The van der Waals surface area contributed by atoms with Crippen LogP contribution in [0.2, 0.25) is 0 Å². The van der Waals surface area contributed by atoms with E-state index in [1.807, 2.05) is 0 Å². The maximum atomic E-state index is 3.65. The third-order valence-corrected chi connectivity index (χ3v) is 5.49. The molecule has 1 fully saturated rings. The summed E-state index contributed by atoms with van der Waals surface area (Å²) in [6, 6.07) is 0.774. The van der Waals surface area contributed by atoms with E-state index in [1.54, 1.807) is 0 Å². The Morgan fingerprint density at radius 3 is 2.00 bits per heavy atom. The summed E-state index contributed by atoms with van der Waals surface area (Å²) in [5.41, 5.74) is 0.636. The number of hydrogen-bond donors (Lipinski definition) is 1. The molecular formula is C18H37N. The highest BCUT2D eigenvalue weighted by Crippen LogP contribution is 2.45. The van der Waals surface area contributed by atoms with Crippen LogP contribution in [0.15, 0.2) is 0 Å². The number of hydrogen-bond acceptors (Lipinski definition) is 1. The molecule has 0 spiro atoms. The van der Waals surface area contributed by atoms with Gasteiger partial charge in [-0.3, -0.25) is 0 Å². The molecule has 114 valence electrons. The topological polar surface area (TPSA) is 12.0 Å². The molecule has 0 heterocycles. The van der Waals surface area contributed by atoms with Gasteiger partial charge < -0.3 is 5.32 Å². The Balaban J connectivity index is 2.18. The zero-order valence-electron chi connectivity index (χ0n) is 13.8. The van der Waals surface area contributed by atoms with E-state index >= 15 is 0 Å². The first-order chi connectivity index (χ1) is 9.29. The van der Waals surface area contributed by atoms with Gasteiger partial charge in [0.15, 0.2) is 0 Å². The maximum Gasteiger partial charge on any atom is 0.0120 e. The zero-order chi connectivity index (χ0) is 14.0. The molecule has 1 rings (SSSR count). The van der Waals surface area contributed by atoms with Crippen LogP contribution in [0.5, 0.6) is 0 Å². The van der Waals surface area contributed by atoms with E-state index < -0.39 is 0 Å². The second kappa shape index (κ2) is 9.80. The van der Waals surface area contributed by atoms with Gasteiger partial charge in [0.1, 0.15) is 0 Å². The highest BCUT2D eigenvalue weighted by molar-refractivity contribution is 4.93. The van der Waals surface area contributed by atoms with Crippen LogP contribution < -0.4 is 5.32 Å². The Kier molecular flexibility index (Phi) is 8.77. The van der Waals surface area contributed by atoms with Crippen molar-refractivity contribution in [2.75, 3.05) is 7.05 Å². The molecule has 1 aliphatic carbocycles. The molecule has 0 aliphatic heterocycles. The van der Waals surface area contributed by atoms with Gasteiger partial charge >= 0.3 is 0 Å². The molecule has 0 aromatic rings. The molecule has 1 unspecified atom stereocenters.